The molecule has 0 aliphatic carbocycles. The van der Waals surface area contributed by atoms with E-state index >= 15 is 0 Å². The van der Waals surface area contributed by atoms with E-state index in [-0.39, 0.29) is 17.0 Å². The van der Waals surface area contributed by atoms with Crippen LogP contribution in [0.4, 0.5) is 0 Å². The third-order valence-corrected chi connectivity index (χ3v) is 7.07. The first-order valence-electron chi connectivity index (χ1n) is 10.3. The zero-order valence-corrected chi connectivity index (χ0v) is 19.8. The van der Waals surface area contributed by atoms with Gasteiger partial charge in [-0.1, -0.05) is 26.0 Å². The molecule has 0 amide bonds. The van der Waals surface area contributed by atoms with Crippen LogP contribution in [0, 0.1) is 5.92 Å². The van der Waals surface area contributed by atoms with Crippen molar-refractivity contribution in [3.05, 3.63) is 54.4 Å². The molecule has 0 N–H and O–H groups in total. The summed E-state index contributed by atoms with van der Waals surface area (Å²) in [4.78, 5) is 6.23. The molecule has 0 radical (unpaired) electrons. The Labute approximate surface area is 181 Å². The van der Waals surface area contributed by atoms with Gasteiger partial charge in [-0.3, -0.25) is 4.98 Å². The fourth-order valence-corrected chi connectivity index (χ4v) is 4.30. The molecule has 0 bridgehead atoms. The number of pyridine rings is 1. The van der Waals surface area contributed by atoms with Gasteiger partial charge < -0.3 is 9.64 Å². The summed E-state index contributed by atoms with van der Waals surface area (Å²) in [6.45, 7) is 9.70. The number of rotatable bonds is 11. The predicted octanol–water partition coefficient (Wildman–Crippen LogP) is 4.04. The molecule has 0 aliphatic rings. The summed E-state index contributed by atoms with van der Waals surface area (Å²) >= 11 is 0. The van der Waals surface area contributed by atoms with E-state index in [9.17, 15) is 8.42 Å². The third-order valence-electron chi connectivity index (χ3n) is 5.29. The molecule has 0 saturated heterocycles. The van der Waals surface area contributed by atoms with Gasteiger partial charge in [-0.15, -0.1) is 0 Å². The standard InChI is InChI=1S/C23H35N3O3S/c1-19(2)13-15-29-21-11-9-20(10-12-21)17-26(18-23(3,4)25(5)6)30(27,28)22-8-7-14-24-16-22/h7-12,14,16,19H,13,15,17-18H2,1-6H3. The monoisotopic (exact) mass is 433 g/mol. The van der Waals surface area contributed by atoms with Crippen molar-refractivity contribution in [2.24, 2.45) is 5.92 Å². The molecule has 0 unspecified atom stereocenters. The summed E-state index contributed by atoms with van der Waals surface area (Å²) in [5.74, 6) is 1.39. The molecule has 2 rings (SSSR count). The number of hydrogen-bond donors (Lipinski definition) is 0. The maximum Gasteiger partial charge on any atom is 0.244 e. The molecule has 0 saturated carbocycles. The van der Waals surface area contributed by atoms with Crippen LogP contribution in [-0.2, 0) is 16.6 Å². The molecule has 0 fully saturated rings. The SMILES string of the molecule is CC(C)CCOc1ccc(CN(CC(C)(C)N(C)C)S(=O)(=O)c2cccnc2)cc1. The van der Waals surface area contributed by atoms with Crippen molar-refractivity contribution in [3.8, 4) is 5.75 Å². The van der Waals surface area contributed by atoms with Crippen molar-refractivity contribution in [3.63, 3.8) is 0 Å². The smallest absolute Gasteiger partial charge is 0.244 e. The lowest BCUT2D eigenvalue weighted by molar-refractivity contribution is 0.156. The molecule has 2 aromatic rings. The molecule has 0 spiro atoms. The van der Waals surface area contributed by atoms with E-state index in [1.165, 1.54) is 10.5 Å². The Balaban J connectivity index is 2.23. The Morgan fingerprint density at radius 2 is 1.77 bits per heavy atom. The Hall–Kier alpha value is -1.96. The van der Waals surface area contributed by atoms with Crippen molar-refractivity contribution in [1.82, 2.24) is 14.2 Å². The molecule has 0 aliphatic heterocycles. The third kappa shape index (κ3) is 6.79. The van der Waals surface area contributed by atoms with Crippen LogP contribution in [0.2, 0.25) is 0 Å². The molecule has 7 heteroatoms. The highest BCUT2D eigenvalue weighted by Gasteiger charge is 2.32. The minimum absolute atomic E-state index is 0.202. The lowest BCUT2D eigenvalue weighted by Crippen LogP contribution is -2.49. The number of hydrogen-bond acceptors (Lipinski definition) is 5. The van der Waals surface area contributed by atoms with Gasteiger partial charge in [0.25, 0.3) is 0 Å². The summed E-state index contributed by atoms with van der Waals surface area (Å²) in [6, 6.07) is 10.9. The molecule has 6 nitrogen and oxygen atoms in total. The first-order chi connectivity index (χ1) is 14.0. The number of aromatic nitrogens is 1. The average Bonchev–Trinajstić information content (AvgIpc) is 2.69. The molecular weight excluding hydrogens is 398 g/mol. The van der Waals surface area contributed by atoms with E-state index in [1.54, 1.807) is 18.3 Å². The first kappa shape index (κ1) is 24.3. The van der Waals surface area contributed by atoms with E-state index in [0.717, 1.165) is 17.7 Å². The van der Waals surface area contributed by atoms with Gasteiger partial charge in [0.1, 0.15) is 10.6 Å². The first-order valence-corrected chi connectivity index (χ1v) is 11.8. The summed E-state index contributed by atoms with van der Waals surface area (Å²) in [6.07, 6.45) is 3.97. The van der Waals surface area contributed by atoms with Crippen LogP contribution in [-0.4, -0.2) is 55.4 Å². The zero-order chi connectivity index (χ0) is 22.4. The average molecular weight is 434 g/mol. The van der Waals surface area contributed by atoms with Gasteiger partial charge in [-0.2, -0.15) is 4.31 Å². The zero-order valence-electron chi connectivity index (χ0n) is 19.0. The number of ether oxygens (including phenoxy) is 1. The van der Waals surface area contributed by atoms with Crippen LogP contribution < -0.4 is 4.74 Å². The lowest BCUT2D eigenvalue weighted by Gasteiger charge is -2.37. The Morgan fingerprint density at radius 3 is 2.30 bits per heavy atom. The highest BCUT2D eigenvalue weighted by molar-refractivity contribution is 7.89. The predicted molar refractivity (Wildman–Crippen MR) is 121 cm³/mol. The fourth-order valence-electron chi connectivity index (χ4n) is 2.75. The van der Waals surface area contributed by atoms with E-state index in [0.29, 0.717) is 19.1 Å². The molecular formula is C23H35N3O3S. The summed E-state index contributed by atoms with van der Waals surface area (Å²) in [5.41, 5.74) is 0.572. The summed E-state index contributed by atoms with van der Waals surface area (Å²) in [7, 11) is 0.226. The van der Waals surface area contributed by atoms with E-state index in [4.69, 9.17) is 4.74 Å². The van der Waals surface area contributed by atoms with E-state index in [2.05, 4.69) is 18.8 Å². The molecule has 1 aromatic heterocycles. The molecule has 1 aromatic carbocycles. The van der Waals surface area contributed by atoms with Gasteiger partial charge in [-0.05, 0) is 70.1 Å². The minimum Gasteiger partial charge on any atom is -0.494 e. The Bertz CT molecular complexity index is 880. The van der Waals surface area contributed by atoms with Crippen LogP contribution >= 0.6 is 0 Å². The molecule has 0 atom stereocenters. The number of likely N-dealkylation sites (N-methyl/N-ethyl adjacent to an activating group) is 1. The molecule has 30 heavy (non-hydrogen) atoms. The van der Waals surface area contributed by atoms with Gasteiger partial charge in [0, 0.05) is 31.0 Å². The van der Waals surface area contributed by atoms with Gasteiger partial charge in [0.2, 0.25) is 10.0 Å². The second-order valence-electron chi connectivity index (χ2n) is 8.84. The van der Waals surface area contributed by atoms with Gasteiger partial charge in [0.05, 0.1) is 6.61 Å². The molecule has 166 valence electrons. The highest BCUT2D eigenvalue weighted by Crippen LogP contribution is 2.23. The van der Waals surface area contributed by atoms with Crippen LogP contribution in [0.25, 0.3) is 0 Å². The summed E-state index contributed by atoms with van der Waals surface area (Å²) < 4.78 is 34.0. The van der Waals surface area contributed by atoms with Crippen LogP contribution in [0.15, 0.2) is 53.7 Å². The van der Waals surface area contributed by atoms with Crippen molar-refractivity contribution in [2.75, 3.05) is 27.2 Å². The quantitative estimate of drug-likeness (QED) is 0.535. The topological polar surface area (TPSA) is 62.7 Å². The van der Waals surface area contributed by atoms with E-state index < -0.39 is 10.0 Å². The number of nitrogens with zero attached hydrogens (tertiary/aromatic N) is 3. The van der Waals surface area contributed by atoms with Crippen molar-refractivity contribution < 1.29 is 13.2 Å². The van der Waals surface area contributed by atoms with Crippen LogP contribution in [0.1, 0.15) is 39.7 Å². The fraction of sp³-hybridized carbons (Fsp3) is 0.522. The van der Waals surface area contributed by atoms with Gasteiger partial charge in [0.15, 0.2) is 0 Å². The van der Waals surface area contributed by atoms with Crippen molar-refractivity contribution in [2.45, 2.75) is 51.1 Å². The molecule has 1 heterocycles. The maximum absolute atomic E-state index is 13.4. The summed E-state index contributed by atoms with van der Waals surface area (Å²) in [5, 5.41) is 0. The lowest BCUT2D eigenvalue weighted by atomic mass is 10.0. The second-order valence-corrected chi connectivity index (χ2v) is 10.8. The highest BCUT2D eigenvalue weighted by atomic mass is 32.2. The van der Waals surface area contributed by atoms with Crippen molar-refractivity contribution >= 4 is 10.0 Å². The Kier molecular flexibility index (Phi) is 8.41. The van der Waals surface area contributed by atoms with E-state index in [1.807, 2.05) is 57.1 Å². The van der Waals surface area contributed by atoms with Gasteiger partial charge >= 0.3 is 0 Å². The second kappa shape index (κ2) is 10.4. The minimum atomic E-state index is -3.69. The normalized spacial score (nSPS) is 12.7. The van der Waals surface area contributed by atoms with Crippen LogP contribution in [0.5, 0.6) is 5.75 Å². The maximum atomic E-state index is 13.4. The largest absolute Gasteiger partial charge is 0.494 e. The van der Waals surface area contributed by atoms with Crippen molar-refractivity contribution in [1.29, 1.82) is 0 Å². The van der Waals surface area contributed by atoms with Gasteiger partial charge in [-0.25, -0.2) is 8.42 Å². The number of benzene rings is 1. The Morgan fingerprint density at radius 1 is 1.10 bits per heavy atom. The number of sulfonamides is 1. The van der Waals surface area contributed by atoms with Crippen LogP contribution in [0.3, 0.4) is 0 Å².